The van der Waals surface area contributed by atoms with Crippen LogP contribution < -0.4 is 10.5 Å². The summed E-state index contributed by atoms with van der Waals surface area (Å²) < 4.78 is 5.83. The lowest BCUT2D eigenvalue weighted by Gasteiger charge is -2.13. The molecule has 0 aliphatic carbocycles. The fraction of sp³-hybridized carbons (Fsp3) is 0.294. The standard InChI is InChI=1S/C17H21NO/c1-3-10-19-17-7-5-4-6-16(17)15-9-8-14(12-18)11-13(15)2/h4-9,11H,3,10,12,18H2,1-2H3. The van der Waals surface area contributed by atoms with Crippen LogP contribution in [0.3, 0.4) is 0 Å². The monoisotopic (exact) mass is 255 g/mol. The average Bonchev–Trinajstić information content (AvgIpc) is 2.45. The fourth-order valence-corrected chi connectivity index (χ4v) is 2.18. The second kappa shape index (κ2) is 6.39. The number of benzene rings is 2. The van der Waals surface area contributed by atoms with Gasteiger partial charge in [0.2, 0.25) is 0 Å². The van der Waals surface area contributed by atoms with Crippen molar-refractivity contribution in [2.75, 3.05) is 6.61 Å². The van der Waals surface area contributed by atoms with Crippen LogP contribution in [-0.2, 0) is 6.54 Å². The number of hydrogen-bond acceptors (Lipinski definition) is 2. The highest BCUT2D eigenvalue weighted by Crippen LogP contribution is 2.32. The molecular weight excluding hydrogens is 234 g/mol. The number of rotatable bonds is 5. The van der Waals surface area contributed by atoms with E-state index in [9.17, 15) is 0 Å². The van der Waals surface area contributed by atoms with Crippen molar-refractivity contribution >= 4 is 0 Å². The van der Waals surface area contributed by atoms with Crippen LogP contribution in [0.15, 0.2) is 42.5 Å². The van der Waals surface area contributed by atoms with Gasteiger partial charge in [0.25, 0.3) is 0 Å². The molecule has 0 saturated heterocycles. The summed E-state index contributed by atoms with van der Waals surface area (Å²) in [5.74, 6) is 0.952. The normalized spacial score (nSPS) is 10.5. The molecule has 0 saturated carbocycles. The largest absolute Gasteiger partial charge is 0.493 e. The van der Waals surface area contributed by atoms with E-state index >= 15 is 0 Å². The highest BCUT2D eigenvalue weighted by Gasteiger charge is 2.08. The Morgan fingerprint density at radius 1 is 1.05 bits per heavy atom. The molecule has 2 heteroatoms. The Morgan fingerprint density at radius 3 is 2.53 bits per heavy atom. The van der Waals surface area contributed by atoms with Gasteiger partial charge in [-0.1, -0.05) is 43.3 Å². The molecule has 2 nitrogen and oxygen atoms in total. The fourth-order valence-electron chi connectivity index (χ4n) is 2.18. The van der Waals surface area contributed by atoms with Gasteiger partial charge in [0.15, 0.2) is 0 Å². The van der Waals surface area contributed by atoms with Crippen LogP contribution in [0, 0.1) is 6.92 Å². The molecule has 0 spiro atoms. The molecule has 0 amide bonds. The zero-order valence-corrected chi connectivity index (χ0v) is 11.6. The van der Waals surface area contributed by atoms with Crippen LogP contribution >= 0.6 is 0 Å². The number of nitrogens with two attached hydrogens (primary N) is 1. The molecule has 0 fully saturated rings. The van der Waals surface area contributed by atoms with E-state index in [2.05, 4.69) is 38.1 Å². The second-order valence-corrected chi connectivity index (χ2v) is 4.70. The molecule has 0 heterocycles. The summed E-state index contributed by atoms with van der Waals surface area (Å²) in [5.41, 5.74) is 10.4. The summed E-state index contributed by atoms with van der Waals surface area (Å²) >= 11 is 0. The van der Waals surface area contributed by atoms with E-state index in [0.717, 1.165) is 29.9 Å². The molecule has 2 N–H and O–H groups in total. The second-order valence-electron chi connectivity index (χ2n) is 4.70. The Labute approximate surface area is 115 Å². The highest BCUT2D eigenvalue weighted by molar-refractivity contribution is 5.73. The third-order valence-electron chi connectivity index (χ3n) is 3.17. The predicted molar refractivity (Wildman–Crippen MR) is 80.3 cm³/mol. The molecule has 19 heavy (non-hydrogen) atoms. The molecule has 0 bridgehead atoms. The smallest absolute Gasteiger partial charge is 0.127 e. The number of para-hydroxylation sites is 1. The molecule has 0 atom stereocenters. The van der Waals surface area contributed by atoms with Gasteiger partial charge >= 0.3 is 0 Å². The highest BCUT2D eigenvalue weighted by atomic mass is 16.5. The van der Waals surface area contributed by atoms with Crippen molar-refractivity contribution in [3.05, 3.63) is 53.6 Å². The van der Waals surface area contributed by atoms with Crippen molar-refractivity contribution in [1.29, 1.82) is 0 Å². The Balaban J connectivity index is 2.40. The zero-order valence-electron chi connectivity index (χ0n) is 11.6. The van der Waals surface area contributed by atoms with Gasteiger partial charge in [0.05, 0.1) is 6.61 Å². The van der Waals surface area contributed by atoms with Gasteiger partial charge in [0, 0.05) is 12.1 Å². The van der Waals surface area contributed by atoms with E-state index in [4.69, 9.17) is 10.5 Å². The van der Waals surface area contributed by atoms with Crippen LogP contribution in [0.2, 0.25) is 0 Å². The van der Waals surface area contributed by atoms with Crippen LogP contribution in [0.4, 0.5) is 0 Å². The lowest BCUT2D eigenvalue weighted by molar-refractivity contribution is 0.318. The minimum Gasteiger partial charge on any atom is -0.493 e. The molecule has 2 aromatic rings. The molecule has 2 rings (SSSR count). The summed E-state index contributed by atoms with van der Waals surface area (Å²) in [6.45, 7) is 5.56. The Hall–Kier alpha value is -1.80. The Kier molecular flexibility index (Phi) is 4.58. The third-order valence-corrected chi connectivity index (χ3v) is 3.17. The van der Waals surface area contributed by atoms with E-state index < -0.39 is 0 Å². The van der Waals surface area contributed by atoms with E-state index in [1.54, 1.807) is 0 Å². The van der Waals surface area contributed by atoms with Crippen molar-refractivity contribution < 1.29 is 4.74 Å². The van der Waals surface area contributed by atoms with Gasteiger partial charge in [-0.3, -0.25) is 0 Å². The molecular formula is C17H21NO. The van der Waals surface area contributed by atoms with E-state index in [1.807, 2.05) is 18.2 Å². The van der Waals surface area contributed by atoms with Gasteiger partial charge in [-0.15, -0.1) is 0 Å². The molecule has 100 valence electrons. The van der Waals surface area contributed by atoms with Gasteiger partial charge in [0.1, 0.15) is 5.75 Å². The lowest BCUT2D eigenvalue weighted by atomic mass is 9.98. The van der Waals surface area contributed by atoms with Gasteiger partial charge in [-0.25, -0.2) is 0 Å². The maximum atomic E-state index is 5.83. The molecule has 0 radical (unpaired) electrons. The molecule has 0 aromatic heterocycles. The first-order chi connectivity index (χ1) is 9.26. The summed E-state index contributed by atoms with van der Waals surface area (Å²) in [7, 11) is 0. The quantitative estimate of drug-likeness (QED) is 0.879. The Bertz CT molecular complexity index is 549. The minimum absolute atomic E-state index is 0.578. The minimum atomic E-state index is 0.578. The summed E-state index contributed by atoms with van der Waals surface area (Å²) in [4.78, 5) is 0. The van der Waals surface area contributed by atoms with Crippen molar-refractivity contribution in [3.8, 4) is 16.9 Å². The number of ether oxygens (including phenoxy) is 1. The topological polar surface area (TPSA) is 35.2 Å². The zero-order chi connectivity index (χ0) is 13.7. The van der Waals surface area contributed by atoms with E-state index in [1.165, 1.54) is 11.1 Å². The van der Waals surface area contributed by atoms with Crippen molar-refractivity contribution in [2.24, 2.45) is 5.73 Å². The molecule has 0 aliphatic heterocycles. The van der Waals surface area contributed by atoms with Crippen LogP contribution in [0.5, 0.6) is 5.75 Å². The van der Waals surface area contributed by atoms with Gasteiger partial charge in [-0.05, 0) is 36.1 Å². The van der Waals surface area contributed by atoms with E-state index in [-0.39, 0.29) is 0 Å². The first-order valence-electron chi connectivity index (χ1n) is 6.78. The van der Waals surface area contributed by atoms with Gasteiger partial charge < -0.3 is 10.5 Å². The predicted octanol–water partition coefficient (Wildman–Crippen LogP) is 3.91. The van der Waals surface area contributed by atoms with Crippen molar-refractivity contribution in [2.45, 2.75) is 26.8 Å². The maximum Gasteiger partial charge on any atom is 0.127 e. The molecule has 0 unspecified atom stereocenters. The first-order valence-corrected chi connectivity index (χ1v) is 6.78. The van der Waals surface area contributed by atoms with Crippen molar-refractivity contribution in [3.63, 3.8) is 0 Å². The number of hydrogen-bond donors (Lipinski definition) is 1. The summed E-state index contributed by atoms with van der Waals surface area (Å²) in [6.07, 6.45) is 1.01. The van der Waals surface area contributed by atoms with Crippen LogP contribution in [0.1, 0.15) is 24.5 Å². The first kappa shape index (κ1) is 13.6. The van der Waals surface area contributed by atoms with Crippen LogP contribution in [0.25, 0.3) is 11.1 Å². The Morgan fingerprint density at radius 2 is 1.84 bits per heavy atom. The summed E-state index contributed by atoms with van der Waals surface area (Å²) in [5, 5.41) is 0. The maximum absolute atomic E-state index is 5.83. The third kappa shape index (κ3) is 3.15. The van der Waals surface area contributed by atoms with E-state index in [0.29, 0.717) is 6.54 Å². The molecule has 2 aromatic carbocycles. The van der Waals surface area contributed by atoms with Crippen molar-refractivity contribution in [1.82, 2.24) is 0 Å². The number of aryl methyl sites for hydroxylation is 1. The summed E-state index contributed by atoms with van der Waals surface area (Å²) in [6, 6.07) is 14.6. The average molecular weight is 255 g/mol. The lowest BCUT2D eigenvalue weighted by Crippen LogP contribution is -1.99. The van der Waals surface area contributed by atoms with Gasteiger partial charge in [-0.2, -0.15) is 0 Å². The van der Waals surface area contributed by atoms with Crippen LogP contribution in [-0.4, -0.2) is 6.61 Å². The SMILES string of the molecule is CCCOc1ccccc1-c1ccc(CN)cc1C. The molecule has 0 aliphatic rings.